The molecule has 0 radical (unpaired) electrons. The van der Waals surface area contributed by atoms with E-state index in [0.29, 0.717) is 5.92 Å². The van der Waals surface area contributed by atoms with Crippen LogP contribution < -0.4 is 4.90 Å². The second kappa shape index (κ2) is 7.03. The molecule has 1 aliphatic carbocycles. The van der Waals surface area contributed by atoms with Crippen LogP contribution in [0.3, 0.4) is 0 Å². The number of aliphatic hydroxyl groups excluding tert-OH is 1. The zero-order valence-corrected chi connectivity index (χ0v) is 16.0. The highest BCUT2D eigenvalue weighted by molar-refractivity contribution is 5.86. The van der Waals surface area contributed by atoms with Gasteiger partial charge in [0.2, 0.25) is 0 Å². The minimum Gasteiger partial charge on any atom is -0.396 e. The number of pyridine rings is 1. The van der Waals surface area contributed by atoms with Gasteiger partial charge in [-0.3, -0.25) is 4.40 Å². The number of benzene rings is 1. The molecule has 5 nitrogen and oxygen atoms in total. The van der Waals surface area contributed by atoms with Crippen molar-refractivity contribution in [1.82, 2.24) is 9.38 Å². The number of fused-ring (bicyclic) bond motifs is 4. The highest BCUT2D eigenvalue weighted by atomic mass is 35.5. The Morgan fingerprint density at radius 3 is 2.85 bits per heavy atom. The Balaban J connectivity index is 0.00000180. The summed E-state index contributed by atoms with van der Waals surface area (Å²) in [6, 6.07) is 10.6. The number of imidazole rings is 1. The Bertz CT molecular complexity index is 1050. The standard InChI is InChI=1S/C21H22N4O.ClH/c22-12-17-15-4-3-5-16(15)21(24-10-8-14(13-24)9-11-26)25-19-7-2-1-6-18(19)23-20(17)25;/h1-2,6-7,14,26H,3-5,8-11,13H2;1H. The lowest BCUT2D eigenvalue weighted by Gasteiger charge is -2.24. The topological polar surface area (TPSA) is 64.6 Å². The summed E-state index contributed by atoms with van der Waals surface area (Å²) in [4.78, 5) is 7.29. The number of hydrogen-bond acceptors (Lipinski definition) is 4. The molecule has 3 aromatic rings. The van der Waals surface area contributed by atoms with Gasteiger partial charge in [0, 0.05) is 19.7 Å². The van der Waals surface area contributed by atoms with Gasteiger partial charge in [-0.2, -0.15) is 5.26 Å². The number of aliphatic hydroxyl groups is 1. The first-order valence-electron chi connectivity index (χ1n) is 9.52. The zero-order valence-electron chi connectivity index (χ0n) is 15.2. The van der Waals surface area contributed by atoms with Crippen molar-refractivity contribution in [3.63, 3.8) is 0 Å². The molecule has 1 atom stereocenters. The van der Waals surface area contributed by atoms with Gasteiger partial charge in [-0.05, 0) is 61.3 Å². The van der Waals surface area contributed by atoms with Gasteiger partial charge in [0.15, 0.2) is 5.65 Å². The van der Waals surface area contributed by atoms with E-state index in [9.17, 15) is 10.4 Å². The zero-order chi connectivity index (χ0) is 17.7. The molecule has 1 unspecified atom stereocenters. The second-order valence-corrected chi connectivity index (χ2v) is 7.49. The first-order chi connectivity index (χ1) is 12.8. The summed E-state index contributed by atoms with van der Waals surface area (Å²) in [7, 11) is 0. The van der Waals surface area contributed by atoms with Crippen molar-refractivity contribution in [3.8, 4) is 6.07 Å². The third-order valence-electron chi connectivity index (χ3n) is 6.02. The Kier molecular flexibility index (Phi) is 4.71. The van der Waals surface area contributed by atoms with Crippen molar-refractivity contribution in [2.24, 2.45) is 5.92 Å². The van der Waals surface area contributed by atoms with E-state index in [4.69, 9.17) is 4.98 Å². The number of nitrogens with zero attached hydrogens (tertiary/aromatic N) is 4. The fourth-order valence-electron chi connectivity index (χ4n) is 4.84. The number of halogens is 1. The fourth-order valence-corrected chi connectivity index (χ4v) is 4.84. The van der Waals surface area contributed by atoms with E-state index < -0.39 is 0 Å². The third-order valence-corrected chi connectivity index (χ3v) is 6.02. The molecule has 0 amide bonds. The van der Waals surface area contributed by atoms with Crippen LogP contribution >= 0.6 is 12.4 Å². The molecule has 1 N–H and O–H groups in total. The van der Waals surface area contributed by atoms with Crippen molar-refractivity contribution < 1.29 is 5.11 Å². The van der Waals surface area contributed by atoms with Crippen molar-refractivity contribution in [1.29, 1.82) is 5.26 Å². The lowest BCUT2D eigenvalue weighted by atomic mass is 10.0. The Morgan fingerprint density at radius 1 is 1.22 bits per heavy atom. The number of aromatic nitrogens is 2. The van der Waals surface area contributed by atoms with Gasteiger partial charge in [0.05, 0.1) is 16.6 Å². The Morgan fingerprint density at radius 2 is 2.04 bits per heavy atom. The summed E-state index contributed by atoms with van der Waals surface area (Å²) < 4.78 is 2.22. The minimum absolute atomic E-state index is 0. The lowest BCUT2D eigenvalue weighted by Crippen LogP contribution is -2.24. The van der Waals surface area contributed by atoms with Crippen LogP contribution in [0.2, 0.25) is 0 Å². The number of rotatable bonds is 3. The molecule has 6 heteroatoms. The molecule has 1 fully saturated rings. The Hall–Kier alpha value is -2.29. The van der Waals surface area contributed by atoms with Crippen LogP contribution in [-0.4, -0.2) is 34.2 Å². The average Bonchev–Trinajstić information content (AvgIpc) is 3.38. The van der Waals surface area contributed by atoms with Crippen molar-refractivity contribution in [2.45, 2.75) is 32.1 Å². The fraction of sp³-hybridized carbons (Fsp3) is 0.429. The van der Waals surface area contributed by atoms with E-state index in [1.165, 1.54) is 16.9 Å². The maximum absolute atomic E-state index is 9.85. The first kappa shape index (κ1) is 18.1. The van der Waals surface area contributed by atoms with E-state index in [0.717, 1.165) is 67.4 Å². The molecule has 5 rings (SSSR count). The number of nitriles is 1. The normalized spacial score (nSPS) is 18.7. The van der Waals surface area contributed by atoms with Crippen LogP contribution in [-0.2, 0) is 12.8 Å². The van der Waals surface area contributed by atoms with Crippen LogP contribution in [0, 0.1) is 17.2 Å². The summed E-state index contributed by atoms with van der Waals surface area (Å²) in [6.45, 7) is 2.23. The quantitative estimate of drug-likeness (QED) is 0.753. The number of para-hydroxylation sites is 2. The van der Waals surface area contributed by atoms with Crippen LogP contribution in [0.15, 0.2) is 24.3 Å². The molecular formula is C21H23ClN4O. The predicted molar refractivity (Wildman–Crippen MR) is 109 cm³/mol. The monoisotopic (exact) mass is 382 g/mol. The molecule has 2 aliphatic rings. The molecule has 1 aromatic carbocycles. The van der Waals surface area contributed by atoms with Gasteiger partial charge in [0.25, 0.3) is 0 Å². The van der Waals surface area contributed by atoms with Gasteiger partial charge in [0.1, 0.15) is 11.9 Å². The van der Waals surface area contributed by atoms with E-state index in [2.05, 4.69) is 21.4 Å². The van der Waals surface area contributed by atoms with E-state index in [1.54, 1.807) is 0 Å². The molecule has 27 heavy (non-hydrogen) atoms. The predicted octanol–water partition coefficient (Wildman–Crippen LogP) is 3.48. The summed E-state index contributed by atoms with van der Waals surface area (Å²) >= 11 is 0. The van der Waals surface area contributed by atoms with Gasteiger partial charge in [-0.15, -0.1) is 12.4 Å². The molecule has 1 aliphatic heterocycles. The average molecular weight is 383 g/mol. The second-order valence-electron chi connectivity index (χ2n) is 7.49. The van der Waals surface area contributed by atoms with Crippen LogP contribution in [0.4, 0.5) is 5.82 Å². The molecule has 1 saturated heterocycles. The van der Waals surface area contributed by atoms with Crippen molar-refractivity contribution in [3.05, 3.63) is 41.0 Å². The summed E-state index contributed by atoms with van der Waals surface area (Å²) in [6.07, 6.45) is 5.09. The molecule has 3 heterocycles. The van der Waals surface area contributed by atoms with Crippen molar-refractivity contribution >= 4 is 34.9 Å². The smallest absolute Gasteiger partial charge is 0.157 e. The van der Waals surface area contributed by atoms with Crippen LogP contribution in [0.1, 0.15) is 36.0 Å². The van der Waals surface area contributed by atoms with E-state index in [1.807, 2.05) is 18.2 Å². The first-order valence-corrected chi connectivity index (χ1v) is 9.52. The maximum atomic E-state index is 9.85. The van der Waals surface area contributed by atoms with Gasteiger partial charge < -0.3 is 10.0 Å². The van der Waals surface area contributed by atoms with Gasteiger partial charge in [-0.25, -0.2) is 4.98 Å². The highest BCUT2D eigenvalue weighted by Gasteiger charge is 2.31. The molecule has 0 spiro atoms. The van der Waals surface area contributed by atoms with Gasteiger partial charge in [-0.1, -0.05) is 12.1 Å². The van der Waals surface area contributed by atoms with Crippen LogP contribution in [0.25, 0.3) is 16.7 Å². The summed E-state index contributed by atoms with van der Waals surface area (Å²) in [5, 5.41) is 19.2. The van der Waals surface area contributed by atoms with Crippen LogP contribution in [0.5, 0.6) is 0 Å². The summed E-state index contributed by atoms with van der Waals surface area (Å²) in [5.74, 6) is 1.78. The number of hydrogen-bond donors (Lipinski definition) is 1. The maximum Gasteiger partial charge on any atom is 0.157 e. The largest absolute Gasteiger partial charge is 0.396 e. The molecule has 0 saturated carbocycles. The van der Waals surface area contributed by atoms with Crippen molar-refractivity contribution in [2.75, 3.05) is 24.6 Å². The molecule has 0 bridgehead atoms. The minimum atomic E-state index is 0. The molecule has 140 valence electrons. The van der Waals surface area contributed by atoms with Gasteiger partial charge >= 0.3 is 0 Å². The summed E-state index contributed by atoms with van der Waals surface area (Å²) in [5.41, 5.74) is 6.12. The van der Waals surface area contributed by atoms with E-state index >= 15 is 0 Å². The van der Waals surface area contributed by atoms with E-state index in [-0.39, 0.29) is 19.0 Å². The third kappa shape index (κ3) is 2.67. The Labute approximate surface area is 164 Å². The molecule has 2 aromatic heterocycles. The molecular weight excluding hydrogens is 360 g/mol. The SMILES string of the molecule is Cl.N#Cc1c2c(c(N3CCC(CCO)C3)n3c1nc1ccccc13)CCC2. The number of anilines is 1. The highest BCUT2D eigenvalue weighted by Crippen LogP contribution is 2.39. The lowest BCUT2D eigenvalue weighted by molar-refractivity contribution is 0.263.